The third kappa shape index (κ3) is 3.17. The molecular formula is C14H16BrNO. The van der Waals surface area contributed by atoms with Gasteiger partial charge in [0.25, 0.3) is 0 Å². The van der Waals surface area contributed by atoms with Crippen LogP contribution in [-0.2, 0) is 4.79 Å². The van der Waals surface area contributed by atoms with Gasteiger partial charge in [0.05, 0.1) is 6.07 Å². The third-order valence-electron chi connectivity index (χ3n) is 3.08. The minimum Gasteiger partial charge on any atom is -0.298 e. The summed E-state index contributed by atoms with van der Waals surface area (Å²) in [7, 11) is 0. The van der Waals surface area contributed by atoms with Crippen molar-refractivity contribution in [1.82, 2.24) is 0 Å². The van der Waals surface area contributed by atoms with Crippen LogP contribution >= 0.6 is 15.9 Å². The molecule has 0 N–H and O–H groups in total. The first-order valence-corrected chi connectivity index (χ1v) is 6.46. The van der Waals surface area contributed by atoms with Crippen molar-refractivity contribution in [2.24, 2.45) is 11.8 Å². The van der Waals surface area contributed by atoms with Gasteiger partial charge in [-0.05, 0) is 17.5 Å². The molecule has 0 bridgehead atoms. The van der Waals surface area contributed by atoms with E-state index in [9.17, 15) is 10.1 Å². The second-order valence-electron chi connectivity index (χ2n) is 4.52. The van der Waals surface area contributed by atoms with Gasteiger partial charge in [-0.3, -0.25) is 4.79 Å². The second-order valence-corrected chi connectivity index (χ2v) is 5.37. The molecular weight excluding hydrogens is 278 g/mol. The van der Waals surface area contributed by atoms with E-state index in [1.165, 1.54) is 0 Å². The minimum atomic E-state index is -0.678. The number of rotatable bonds is 4. The van der Waals surface area contributed by atoms with E-state index < -0.39 is 5.92 Å². The van der Waals surface area contributed by atoms with Crippen molar-refractivity contribution < 1.29 is 4.79 Å². The standard InChI is InChI=1S/C14H16BrNO/c1-9(2)10(3)14(17)12(8-16)11-6-4-5-7-13(11)15/h4-7,9-10,12H,1-3H3. The van der Waals surface area contributed by atoms with Crippen molar-refractivity contribution in [3.8, 4) is 6.07 Å². The third-order valence-corrected chi connectivity index (χ3v) is 3.80. The zero-order chi connectivity index (χ0) is 13.0. The quantitative estimate of drug-likeness (QED) is 0.844. The van der Waals surface area contributed by atoms with Crippen LogP contribution in [-0.4, -0.2) is 5.78 Å². The Kier molecular flexibility index (Phi) is 4.89. The number of ketones is 1. The Bertz CT molecular complexity index is 448. The van der Waals surface area contributed by atoms with Crippen LogP contribution in [0.1, 0.15) is 32.3 Å². The van der Waals surface area contributed by atoms with Crippen LogP contribution in [0.5, 0.6) is 0 Å². The molecule has 3 heteroatoms. The fourth-order valence-electron chi connectivity index (χ4n) is 1.59. The maximum absolute atomic E-state index is 12.2. The molecule has 2 atom stereocenters. The van der Waals surface area contributed by atoms with E-state index in [4.69, 9.17) is 0 Å². The van der Waals surface area contributed by atoms with E-state index in [2.05, 4.69) is 22.0 Å². The topological polar surface area (TPSA) is 40.9 Å². The van der Waals surface area contributed by atoms with Crippen LogP contribution in [0.3, 0.4) is 0 Å². The molecule has 1 rings (SSSR count). The maximum atomic E-state index is 12.2. The molecule has 1 aromatic rings. The van der Waals surface area contributed by atoms with Crippen LogP contribution in [0.25, 0.3) is 0 Å². The van der Waals surface area contributed by atoms with Gasteiger partial charge in [0.2, 0.25) is 0 Å². The summed E-state index contributed by atoms with van der Waals surface area (Å²) in [4.78, 5) is 12.2. The highest BCUT2D eigenvalue weighted by molar-refractivity contribution is 9.10. The first kappa shape index (κ1) is 13.9. The molecule has 0 aromatic heterocycles. The molecule has 90 valence electrons. The van der Waals surface area contributed by atoms with Gasteiger partial charge in [0, 0.05) is 10.4 Å². The summed E-state index contributed by atoms with van der Waals surface area (Å²) >= 11 is 3.39. The molecule has 0 saturated carbocycles. The minimum absolute atomic E-state index is 0.00519. The Morgan fingerprint density at radius 3 is 2.35 bits per heavy atom. The molecule has 0 amide bonds. The Balaban J connectivity index is 3.06. The summed E-state index contributed by atoms with van der Waals surface area (Å²) in [6.45, 7) is 5.88. The molecule has 2 nitrogen and oxygen atoms in total. The fourth-order valence-corrected chi connectivity index (χ4v) is 2.10. The van der Waals surface area contributed by atoms with Crippen molar-refractivity contribution in [2.75, 3.05) is 0 Å². The Labute approximate surface area is 111 Å². The van der Waals surface area contributed by atoms with Gasteiger partial charge >= 0.3 is 0 Å². The molecule has 0 aliphatic heterocycles. The smallest absolute Gasteiger partial charge is 0.157 e. The predicted octanol–water partition coefficient (Wildman–Crippen LogP) is 3.92. The lowest BCUT2D eigenvalue weighted by molar-refractivity contribution is -0.123. The average molecular weight is 294 g/mol. The van der Waals surface area contributed by atoms with E-state index in [1.54, 1.807) is 0 Å². The largest absolute Gasteiger partial charge is 0.298 e. The Morgan fingerprint density at radius 2 is 1.88 bits per heavy atom. The Morgan fingerprint density at radius 1 is 1.29 bits per heavy atom. The number of carbonyl (C=O) groups is 1. The van der Waals surface area contributed by atoms with Crippen LogP contribution in [0, 0.1) is 23.2 Å². The van der Waals surface area contributed by atoms with Crippen LogP contribution in [0.4, 0.5) is 0 Å². The van der Waals surface area contributed by atoms with E-state index in [-0.39, 0.29) is 17.6 Å². The second kappa shape index (κ2) is 5.97. The van der Waals surface area contributed by atoms with Gasteiger partial charge in [-0.25, -0.2) is 0 Å². The molecule has 0 heterocycles. The highest BCUT2D eigenvalue weighted by Crippen LogP contribution is 2.28. The van der Waals surface area contributed by atoms with E-state index in [1.807, 2.05) is 45.0 Å². The molecule has 2 unspecified atom stereocenters. The zero-order valence-electron chi connectivity index (χ0n) is 10.3. The van der Waals surface area contributed by atoms with Crippen molar-refractivity contribution in [3.63, 3.8) is 0 Å². The normalized spacial score (nSPS) is 14.1. The lowest BCUT2D eigenvalue weighted by Crippen LogP contribution is -2.23. The highest BCUT2D eigenvalue weighted by Gasteiger charge is 2.28. The van der Waals surface area contributed by atoms with Crippen molar-refractivity contribution in [3.05, 3.63) is 34.3 Å². The highest BCUT2D eigenvalue weighted by atomic mass is 79.9. The number of hydrogen-bond acceptors (Lipinski definition) is 2. The van der Waals surface area contributed by atoms with Gasteiger partial charge < -0.3 is 0 Å². The number of benzene rings is 1. The lowest BCUT2D eigenvalue weighted by Gasteiger charge is -2.18. The number of halogens is 1. The summed E-state index contributed by atoms with van der Waals surface area (Å²) < 4.78 is 0.816. The number of carbonyl (C=O) groups excluding carboxylic acids is 1. The van der Waals surface area contributed by atoms with Crippen molar-refractivity contribution in [2.45, 2.75) is 26.7 Å². The monoisotopic (exact) mass is 293 g/mol. The molecule has 1 aromatic carbocycles. The van der Waals surface area contributed by atoms with Gasteiger partial charge in [0.15, 0.2) is 5.78 Å². The Hall–Kier alpha value is -1.14. The van der Waals surface area contributed by atoms with Gasteiger partial charge in [-0.1, -0.05) is 54.9 Å². The predicted molar refractivity (Wildman–Crippen MR) is 71.5 cm³/mol. The molecule has 0 saturated heterocycles. The van der Waals surface area contributed by atoms with Crippen LogP contribution < -0.4 is 0 Å². The molecule has 17 heavy (non-hydrogen) atoms. The summed E-state index contributed by atoms with van der Waals surface area (Å²) in [5.74, 6) is -0.537. The van der Waals surface area contributed by atoms with Crippen molar-refractivity contribution >= 4 is 21.7 Å². The summed E-state index contributed by atoms with van der Waals surface area (Å²) in [6, 6.07) is 9.51. The van der Waals surface area contributed by atoms with Gasteiger partial charge in [-0.2, -0.15) is 5.26 Å². The lowest BCUT2D eigenvalue weighted by atomic mass is 9.84. The van der Waals surface area contributed by atoms with E-state index in [0.29, 0.717) is 0 Å². The summed E-state index contributed by atoms with van der Waals surface area (Å²) in [6.07, 6.45) is 0. The van der Waals surface area contributed by atoms with Crippen LogP contribution in [0.15, 0.2) is 28.7 Å². The van der Waals surface area contributed by atoms with Gasteiger partial charge in [0.1, 0.15) is 5.92 Å². The summed E-state index contributed by atoms with van der Waals surface area (Å²) in [5.41, 5.74) is 0.757. The van der Waals surface area contributed by atoms with E-state index in [0.717, 1.165) is 10.0 Å². The molecule has 0 aliphatic rings. The summed E-state index contributed by atoms with van der Waals surface area (Å²) in [5, 5.41) is 9.21. The van der Waals surface area contributed by atoms with Gasteiger partial charge in [-0.15, -0.1) is 0 Å². The van der Waals surface area contributed by atoms with E-state index >= 15 is 0 Å². The molecule has 0 radical (unpaired) electrons. The molecule has 0 fully saturated rings. The average Bonchev–Trinajstić information content (AvgIpc) is 2.31. The number of Topliss-reactive ketones (excluding diaryl/α,β-unsaturated/α-hetero) is 1. The zero-order valence-corrected chi connectivity index (χ0v) is 11.9. The first-order valence-electron chi connectivity index (χ1n) is 5.66. The number of nitriles is 1. The fraction of sp³-hybridized carbons (Fsp3) is 0.429. The molecule has 0 aliphatic carbocycles. The number of nitrogens with zero attached hydrogens (tertiary/aromatic N) is 1. The molecule has 0 spiro atoms. The van der Waals surface area contributed by atoms with Crippen molar-refractivity contribution in [1.29, 1.82) is 5.26 Å². The number of hydrogen-bond donors (Lipinski definition) is 0. The maximum Gasteiger partial charge on any atom is 0.157 e. The SMILES string of the molecule is CC(C)C(C)C(=O)C(C#N)c1ccccc1Br. The van der Waals surface area contributed by atoms with Crippen LogP contribution in [0.2, 0.25) is 0 Å². The first-order chi connectivity index (χ1) is 7.99.